The molecule has 0 aromatic heterocycles. The zero-order valence-electron chi connectivity index (χ0n) is 7.03. The topological polar surface area (TPSA) is 54.4 Å². The van der Waals surface area contributed by atoms with Crippen LogP contribution in [0.25, 0.3) is 0 Å². The highest BCUT2D eigenvalue weighted by molar-refractivity contribution is 7.88. The van der Waals surface area contributed by atoms with Crippen LogP contribution in [0.4, 0.5) is 0 Å². The second-order valence-corrected chi connectivity index (χ2v) is 4.46. The fourth-order valence-electron chi connectivity index (χ4n) is 0.388. The maximum absolute atomic E-state index is 10.3. The summed E-state index contributed by atoms with van der Waals surface area (Å²) in [6.07, 6.45) is 2.32. The Morgan fingerprint density at radius 2 is 1.91 bits per heavy atom. The van der Waals surface area contributed by atoms with Gasteiger partial charge in [0.25, 0.3) is 10.1 Å². The molecule has 0 saturated heterocycles. The van der Waals surface area contributed by atoms with Crippen molar-refractivity contribution in [2.24, 2.45) is 5.41 Å². The smallest absolute Gasteiger partial charge is 0.282 e. The van der Waals surface area contributed by atoms with Gasteiger partial charge in [0.05, 0.1) is 5.41 Å². The molecule has 0 atom stereocenters. The number of hydrogen-bond donors (Lipinski definition) is 1. The van der Waals surface area contributed by atoms with E-state index in [1.165, 1.54) is 6.08 Å². The van der Waals surface area contributed by atoms with E-state index in [-0.39, 0.29) is 5.41 Å². The van der Waals surface area contributed by atoms with Crippen molar-refractivity contribution >= 4 is 10.1 Å². The lowest BCUT2D eigenvalue weighted by molar-refractivity contribution is 0.459. The first-order valence-corrected chi connectivity index (χ1v) is 4.94. The average molecular weight is 178 g/mol. The highest BCUT2D eigenvalue weighted by Crippen LogP contribution is 2.21. The zero-order chi connectivity index (χ0) is 9.12. The molecule has 0 aromatic carbocycles. The second-order valence-electron chi connectivity index (χ2n) is 3.16. The third-order valence-corrected chi connectivity index (χ3v) is 2.08. The Kier molecular flexibility index (Phi) is 3.26. The molecule has 0 unspecified atom stereocenters. The first kappa shape index (κ1) is 10.7. The average Bonchev–Trinajstić information content (AvgIpc) is 1.83. The third kappa shape index (κ3) is 6.06. The molecule has 0 amide bonds. The molecule has 0 aromatic rings. The van der Waals surface area contributed by atoms with Crippen molar-refractivity contribution in [2.45, 2.75) is 27.2 Å². The van der Waals surface area contributed by atoms with Gasteiger partial charge in [-0.15, -0.1) is 0 Å². The molecule has 0 fully saturated rings. The monoisotopic (exact) mass is 178 g/mol. The summed E-state index contributed by atoms with van der Waals surface area (Å²) in [5.41, 5.74) is -0.171. The van der Waals surface area contributed by atoms with Crippen LogP contribution < -0.4 is 0 Å². The summed E-state index contributed by atoms with van der Waals surface area (Å²) in [6.45, 7) is 5.75. The van der Waals surface area contributed by atoms with E-state index in [4.69, 9.17) is 4.55 Å². The summed E-state index contributed by atoms with van der Waals surface area (Å²) in [4.78, 5) is 0. The van der Waals surface area contributed by atoms with Gasteiger partial charge in [-0.2, -0.15) is 8.42 Å². The van der Waals surface area contributed by atoms with Gasteiger partial charge in [0.1, 0.15) is 0 Å². The molecule has 0 aliphatic carbocycles. The largest absolute Gasteiger partial charge is 0.287 e. The Labute approximate surface area is 67.9 Å². The van der Waals surface area contributed by atoms with Gasteiger partial charge in [-0.25, -0.2) is 0 Å². The van der Waals surface area contributed by atoms with Crippen molar-refractivity contribution in [3.05, 3.63) is 11.5 Å². The first-order chi connectivity index (χ1) is 4.77. The number of hydrogen-bond acceptors (Lipinski definition) is 2. The van der Waals surface area contributed by atoms with Crippen molar-refractivity contribution in [1.82, 2.24) is 0 Å². The number of allylic oxidation sites excluding steroid dienone is 1. The fourth-order valence-corrected chi connectivity index (χ4v) is 0.928. The maximum atomic E-state index is 10.3. The van der Waals surface area contributed by atoms with Gasteiger partial charge in [0.2, 0.25) is 0 Å². The van der Waals surface area contributed by atoms with E-state index < -0.39 is 10.1 Å². The van der Waals surface area contributed by atoms with Crippen molar-refractivity contribution in [3.8, 4) is 0 Å². The Morgan fingerprint density at radius 1 is 1.45 bits per heavy atom. The standard InChI is InChI=1S/C7H14O3S/c1-4-7(2,3)5-6-11(8,9)10/h5-6H,4H2,1-3H3,(H,8,9,10). The summed E-state index contributed by atoms with van der Waals surface area (Å²) < 4.78 is 28.9. The molecule has 0 rings (SSSR count). The predicted molar refractivity (Wildman–Crippen MR) is 44.8 cm³/mol. The van der Waals surface area contributed by atoms with Crippen LogP contribution in [0.3, 0.4) is 0 Å². The Balaban J connectivity index is 4.37. The predicted octanol–water partition coefficient (Wildman–Crippen LogP) is 1.82. The minimum absolute atomic E-state index is 0.171. The lowest BCUT2D eigenvalue weighted by Gasteiger charge is -2.15. The first-order valence-electron chi connectivity index (χ1n) is 3.43. The van der Waals surface area contributed by atoms with E-state index in [0.717, 1.165) is 11.8 Å². The Hall–Kier alpha value is -0.350. The van der Waals surface area contributed by atoms with Crippen LogP contribution in [-0.2, 0) is 10.1 Å². The van der Waals surface area contributed by atoms with Gasteiger partial charge in [-0.1, -0.05) is 26.8 Å². The van der Waals surface area contributed by atoms with E-state index in [2.05, 4.69) is 0 Å². The van der Waals surface area contributed by atoms with Crippen LogP contribution in [0, 0.1) is 5.41 Å². The van der Waals surface area contributed by atoms with Crippen LogP contribution in [0.15, 0.2) is 11.5 Å². The van der Waals surface area contributed by atoms with Crippen molar-refractivity contribution in [3.63, 3.8) is 0 Å². The molecule has 0 radical (unpaired) electrons. The van der Waals surface area contributed by atoms with Gasteiger partial charge in [0.15, 0.2) is 0 Å². The van der Waals surface area contributed by atoms with Crippen LogP contribution in [0.1, 0.15) is 27.2 Å². The van der Waals surface area contributed by atoms with Gasteiger partial charge in [-0.3, -0.25) is 4.55 Å². The molecule has 4 heteroatoms. The minimum Gasteiger partial charge on any atom is -0.282 e. The summed E-state index contributed by atoms with van der Waals surface area (Å²) in [5.74, 6) is 0. The minimum atomic E-state index is -3.95. The van der Waals surface area contributed by atoms with E-state index in [0.29, 0.717) is 0 Å². The quantitative estimate of drug-likeness (QED) is 0.671. The van der Waals surface area contributed by atoms with E-state index in [9.17, 15) is 8.42 Å². The van der Waals surface area contributed by atoms with Crippen molar-refractivity contribution < 1.29 is 13.0 Å². The summed E-state index contributed by atoms with van der Waals surface area (Å²) in [6, 6.07) is 0. The van der Waals surface area contributed by atoms with Crippen molar-refractivity contribution in [2.75, 3.05) is 0 Å². The van der Waals surface area contributed by atoms with Gasteiger partial charge in [-0.05, 0) is 11.8 Å². The maximum Gasteiger partial charge on any atom is 0.287 e. The summed E-state index contributed by atoms with van der Waals surface area (Å²) >= 11 is 0. The fraction of sp³-hybridized carbons (Fsp3) is 0.714. The molecular formula is C7H14O3S. The van der Waals surface area contributed by atoms with Crippen LogP contribution >= 0.6 is 0 Å². The van der Waals surface area contributed by atoms with E-state index >= 15 is 0 Å². The summed E-state index contributed by atoms with van der Waals surface area (Å²) in [5, 5.41) is 0.830. The lowest BCUT2D eigenvalue weighted by atomic mass is 9.91. The Morgan fingerprint density at radius 3 is 2.18 bits per heavy atom. The normalized spacial score (nSPS) is 14.2. The molecule has 0 saturated carbocycles. The van der Waals surface area contributed by atoms with Crippen LogP contribution in [0.2, 0.25) is 0 Å². The molecule has 0 spiro atoms. The van der Waals surface area contributed by atoms with Gasteiger partial charge < -0.3 is 0 Å². The molecule has 66 valence electrons. The Bertz CT molecular complexity index is 236. The number of rotatable bonds is 3. The van der Waals surface area contributed by atoms with Crippen LogP contribution in [-0.4, -0.2) is 13.0 Å². The van der Waals surface area contributed by atoms with Crippen LogP contribution in [0.5, 0.6) is 0 Å². The van der Waals surface area contributed by atoms with E-state index in [1.54, 1.807) is 0 Å². The molecule has 0 heterocycles. The van der Waals surface area contributed by atoms with E-state index in [1.807, 2.05) is 20.8 Å². The SMILES string of the molecule is CCC(C)(C)C=CS(=O)(=O)O. The highest BCUT2D eigenvalue weighted by atomic mass is 32.2. The zero-order valence-corrected chi connectivity index (χ0v) is 7.85. The second kappa shape index (κ2) is 3.36. The molecule has 3 nitrogen and oxygen atoms in total. The molecule has 11 heavy (non-hydrogen) atoms. The molecule has 0 aliphatic rings. The third-order valence-electron chi connectivity index (χ3n) is 1.60. The molecular weight excluding hydrogens is 164 g/mol. The highest BCUT2D eigenvalue weighted by Gasteiger charge is 2.11. The summed E-state index contributed by atoms with van der Waals surface area (Å²) in [7, 11) is -3.95. The lowest BCUT2D eigenvalue weighted by Crippen LogP contribution is -2.05. The van der Waals surface area contributed by atoms with Gasteiger partial charge in [0, 0.05) is 0 Å². The molecule has 0 aliphatic heterocycles. The van der Waals surface area contributed by atoms with Crippen molar-refractivity contribution in [1.29, 1.82) is 0 Å². The van der Waals surface area contributed by atoms with Gasteiger partial charge >= 0.3 is 0 Å². The molecule has 1 N–H and O–H groups in total. The molecule has 0 bridgehead atoms.